The fourth-order valence-electron chi connectivity index (χ4n) is 4.34. The third kappa shape index (κ3) is 5.78. The van der Waals surface area contributed by atoms with Crippen LogP contribution in [0.25, 0.3) is 10.9 Å². The first-order valence-corrected chi connectivity index (χ1v) is 13.8. The summed E-state index contributed by atoms with van der Waals surface area (Å²) in [5, 5.41) is -1.14. The van der Waals surface area contributed by atoms with Crippen molar-refractivity contribution in [3.63, 3.8) is 0 Å². The molecule has 2 aromatic carbocycles. The monoisotopic (exact) mass is 561 g/mol. The Morgan fingerprint density at radius 2 is 1.82 bits per heavy atom. The molecule has 1 unspecified atom stereocenters. The molecule has 0 radical (unpaired) electrons. The van der Waals surface area contributed by atoms with Crippen molar-refractivity contribution in [3.05, 3.63) is 99.1 Å². The molecule has 40 heavy (non-hydrogen) atoms. The normalized spacial score (nSPS) is 12.3. The van der Waals surface area contributed by atoms with E-state index in [4.69, 9.17) is 6.42 Å². The number of halogens is 1. The van der Waals surface area contributed by atoms with Gasteiger partial charge in [-0.1, -0.05) is 18.1 Å². The molecule has 11 heteroatoms. The van der Waals surface area contributed by atoms with Crippen LogP contribution in [0.2, 0.25) is 0 Å². The van der Waals surface area contributed by atoms with Crippen LogP contribution in [0.5, 0.6) is 0 Å². The fourth-order valence-corrected chi connectivity index (χ4v) is 5.65. The van der Waals surface area contributed by atoms with E-state index in [1.807, 2.05) is 17.9 Å². The Hall–Kier alpha value is -4.40. The number of ketones is 1. The number of nitrogens with zero attached hydrogens (tertiary/aromatic N) is 4. The van der Waals surface area contributed by atoms with E-state index in [1.165, 1.54) is 38.5 Å². The first-order chi connectivity index (χ1) is 18.9. The molecule has 0 saturated heterocycles. The van der Waals surface area contributed by atoms with Gasteiger partial charge in [0.25, 0.3) is 5.56 Å². The number of sulfonamides is 1. The Balaban J connectivity index is 1.67. The number of carbonyl (C=O) groups is 1. The summed E-state index contributed by atoms with van der Waals surface area (Å²) in [6, 6.07) is 11.5. The zero-order valence-corrected chi connectivity index (χ0v) is 23.3. The molecule has 0 aliphatic rings. The minimum Gasteiger partial charge on any atom is -0.355 e. The number of aryl methyl sites for hydroxylation is 2. The van der Waals surface area contributed by atoms with Crippen molar-refractivity contribution in [1.82, 2.24) is 19.3 Å². The maximum Gasteiger partial charge on any atom is 0.258 e. The number of carbonyl (C=O) groups excluding carboxylic acids is 1. The number of aromatic amines is 1. The highest BCUT2D eigenvalue weighted by Gasteiger charge is 2.37. The maximum absolute atomic E-state index is 13.5. The van der Waals surface area contributed by atoms with Crippen LogP contribution in [0.3, 0.4) is 0 Å². The van der Waals surface area contributed by atoms with Gasteiger partial charge in [-0.3, -0.25) is 14.6 Å². The van der Waals surface area contributed by atoms with E-state index in [1.54, 1.807) is 19.1 Å². The summed E-state index contributed by atoms with van der Waals surface area (Å²) in [6.45, 7) is 4.20. The fraction of sp³-hybridized carbons (Fsp3) is 0.241. The van der Waals surface area contributed by atoms with Gasteiger partial charge in [0.2, 0.25) is 15.8 Å². The molecule has 0 aliphatic carbocycles. The Kier molecular flexibility index (Phi) is 8.13. The van der Waals surface area contributed by atoms with Crippen LogP contribution in [0.4, 0.5) is 10.1 Å². The first-order valence-electron chi connectivity index (χ1n) is 12.3. The van der Waals surface area contributed by atoms with E-state index in [-0.39, 0.29) is 23.4 Å². The minimum atomic E-state index is -4.11. The molecule has 4 aromatic rings. The Labute approximate surface area is 231 Å². The molecule has 1 N–H and O–H groups in total. The predicted molar refractivity (Wildman–Crippen MR) is 152 cm³/mol. The average Bonchev–Trinajstić information content (AvgIpc) is 2.90. The van der Waals surface area contributed by atoms with E-state index in [9.17, 15) is 22.4 Å². The van der Waals surface area contributed by atoms with E-state index < -0.39 is 26.9 Å². The zero-order chi connectivity index (χ0) is 29.2. The van der Waals surface area contributed by atoms with Crippen molar-refractivity contribution in [3.8, 4) is 12.3 Å². The van der Waals surface area contributed by atoms with Crippen LogP contribution in [0.1, 0.15) is 38.3 Å². The lowest BCUT2D eigenvalue weighted by atomic mass is 10.0. The largest absolute Gasteiger partial charge is 0.355 e. The van der Waals surface area contributed by atoms with E-state index in [2.05, 4.69) is 20.9 Å². The third-order valence-corrected chi connectivity index (χ3v) is 8.61. The van der Waals surface area contributed by atoms with Gasteiger partial charge in [0.05, 0.1) is 29.3 Å². The number of hydrogen-bond acceptors (Lipinski definition) is 7. The molecule has 9 nitrogen and oxygen atoms in total. The number of aromatic nitrogens is 3. The molecule has 0 spiro atoms. The summed E-state index contributed by atoms with van der Waals surface area (Å²) in [5.74, 6) is 1.84. The number of benzene rings is 2. The predicted octanol–water partition coefficient (Wildman–Crippen LogP) is 3.53. The van der Waals surface area contributed by atoms with Gasteiger partial charge in [-0.15, -0.1) is 6.42 Å². The number of fused-ring (bicyclic) bond motifs is 1. The van der Waals surface area contributed by atoms with Crippen molar-refractivity contribution < 1.29 is 17.6 Å². The lowest BCUT2D eigenvalue weighted by Gasteiger charge is -2.24. The summed E-state index contributed by atoms with van der Waals surface area (Å²) in [5.41, 5.74) is 2.79. The summed E-state index contributed by atoms with van der Waals surface area (Å²) in [6.07, 6.45) is 7.08. The Bertz CT molecular complexity index is 1780. The van der Waals surface area contributed by atoms with Crippen molar-refractivity contribution in [2.45, 2.75) is 25.6 Å². The molecular weight excluding hydrogens is 533 g/mol. The van der Waals surface area contributed by atoms with Gasteiger partial charge >= 0.3 is 0 Å². The molecule has 2 aromatic heterocycles. The summed E-state index contributed by atoms with van der Waals surface area (Å²) >= 11 is 0. The minimum absolute atomic E-state index is 0.0704. The Morgan fingerprint density at radius 3 is 2.42 bits per heavy atom. The highest BCUT2D eigenvalue weighted by atomic mass is 32.2. The van der Waals surface area contributed by atoms with Crippen molar-refractivity contribution >= 4 is 32.4 Å². The number of H-pyrrole nitrogens is 1. The second-order valence-electron chi connectivity index (χ2n) is 9.53. The van der Waals surface area contributed by atoms with Crippen LogP contribution in [-0.4, -0.2) is 54.1 Å². The molecule has 0 amide bonds. The van der Waals surface area contributed by atoms with Gasteiger partial charge in [-0.2, -0.15) is 0 Å². The molecule has 0 bridgehead atoms. The highest BCUT2D eigenvalue weighted by molar-refractivity contribution is 7.90. The number of pyridine rings is 1. The van der Waals surface area contributed by atoms with E-state index in [0.29, 0.717) is 29.0 Å². The smallest absolute Gasteiger partial charge is 0.258 e. The second-order valence-corrected chi connectivity index (χ2v) is 11.8. The first kappa shape index (κ1) is 28.6. The van der Waals surface area contributed by atoms with Gasteiger partial charge < -0.3 is 9.88 Å². The molecule has 1 atom stereocenters. The zero-order valence-electron chi connectivity index (χ0n) is 22.5. The lowest BCUT2D eigenvalue weighted by Crippen LogP contribution is -2.33. The van der Waals surface area contributed by atoms with E-state index >= 15 is 0 Å². The molecule has 0 aliphatic heterocycles. The Morgan fingerprint density at radius 1 is 1.12 bits per heavy atom. The van der Waals surface area contributed by atoms with Gasteiger partial charge in [0, 0.05) is 20.6 Å². The van der Waals surface area contributed by atoms with Crippen molar-refractivity contribution in [2.24, 2.45) is 0 Å². The quantitative estimate of drug-likeness (QED) is 0.246. The number of rotatable bonds is 9. The van der Waals surface area contributed by atoms with Crippen LogP contribution in [-0.2, 0) is 16.6 Å². The van der Waals surface area contributed by atoms with Gasteiger partial charge in [-0.05, 0) is 66.9 Å². The standard InChI is InChI=1S/C29H28FN5O4S/c1-6-13-35(17-21-15-24-26(14-18(21)2)32-19(3)33-29(24)37)23-11-12-25(31-16-23)27(36)28(40(38,39)34(4)5)20-7-9-22(30)10-8-20/h1,7-12,14-16,28H,13,17H2,2-5H3,(H,32,33,37). The van der Waals surface area contributed by atoms with Gasteiger partial charge in [0.15, 0.2) is 5.25 Å². The molecule has 2 heterocycles. The van der Waals surface area contributed by atoms with Crippen LogP contribution >= 0.6 is 0 Å². The summed E-state index contributed by atoms with van der Waals surface area (Å²) in [4.78, 5) is 39.2. The summed E-state index contributed by atoms with van der Waals surface area (Å²) in [7, 11) is -1.45. The molecular formula is C29H28FN5O4S. The number of Topliss-reactive ketones (excluding diaryl/α,β-unsaturated/α-hetero) is 1. The molecule has 0 saturated carbocycles. The summed E-state index contributed by atoms with van der Waals surface area (Å²) < 4.78 is 40.6. The second kappa shape index (κ2) is 11.4. The molecule has 206 valence electrons. The topological polar surface area (TPSA) is 116 Å². The van der Waals surface area contributed by atoms with Gasteiger partial charge in [-0.25, -0.2) is 22.1 Å². The van der Waals surface area contributed by atoms with Crippen molar-refractivity contribution in [2.75, 3.05) is 25.5 Å². The van der Waals surface area contributed by atoms with Crippen LogP contribution in [0, 0.1) is 32.0 Å². The van der Waals surface area contributed by atoms with Crippen molar-refractivity contribution in [1.29, 1.82) is 0 Å². The average molecular weight is 562 g/mol. The third-order valence-electron chi connectivity index (χ3n) is 6.51. The number of nitrogens with one attached hydrogen (secondary N) is 1. The van der Waals surface area contributed by atoms with Gasteiger partial charge in [0.1, 0.15) is 17.3 Å². The number of hydrogen-bond donors (Lipinski definition) is 1. The maximum atomic E-state index is 13.5. The van der Waals surface area contributed by atoms with E-state index in [0.717, 1.165) is 27.6 Å². The molecule has 0 fully saturated rings. The molecule has 4 rings (SSSR count). The SMILES string of the molecule is C#CCN(Cc1cc2c(=O)[nH]c(C)nc2cc1C)c1ccc(C(=O)C(c2ccc(F)cc2)S(=O)(=O)N(C)C)nc1. The van der Waals surface area contributed by atoms with Crippen LogP contribution < -0.4 is 10.5 Å². The number of anilines is 1. The number of terminal acetylenes is 1. The highest BCUT2D eigenvalue weighted by Crippen LogP contribution is 2.29. The lowest BCUT2D eigenvalue weighted by molar-refractivity contribution is 0.0980. The van der Waals surface area contributed by atoms with Crippen LogP contribution in [0.15, 0.2) is 59.5 Å².